The SMILES string of the molecule is COc1cccc2ccc(COc3cccc(C(=O)O)c3)nc12. The molecular formula is C18H15NO4. The van der Waals surface area contributed by atoms with Crippen molar-refractivity contribution in [2.75, 3.05) is 7.11 Å². The minimum absolute atomic E-state index is 0.190. The highest BCUT2D eigenvalue weighted by Crippen LogP contribution is 2.24. The first kappa shape index (κ1) is 14.8. The van der Waals surface area contributed by atoms with E-state index in [-0.39, 0.29) is 12.2 Å². The Kier molecular flexibility index (Phi) is 4.10. The van der Waals surface area contributed by atoms with Crippen LogP contribution in [0.25, 0.3) is 10.9 Å². The number of rotatable bonds is 5. The smallest absolute Gasteiger partial charge is 0.335 e. The molecule has 1 N–H and O–H groups in total. The molecule has 23 heavy (non-hydrogen) atoms. The van der Waals surface area contributed by atoms with Gasteiger partial charge in [0.05, 0.1) is 18.4 Å². The van der Waals surface area contributed by atoms with E-state index in [1.807, 2.05) is 30.3 Å². The van der Waals surface area contributed by atoms with E-state index in [4.69, 9.17) is 14.6 Å². The van der Waals surface area contributed by atoms with Crippen molar-refractivity contribution >= 4 is 16.9 Å². The Morgan fingerprint density at radius 2 is 1.96 bits per heavy atom. The fourth-order valence-electron chi connectivity index (χ4n) is 2.28. The number of hydrogen-bond donors (Lipinski definition) is 1. The summed E-state index contributed by atoms with van der Waals surface area (Å²) in [5.41, 5.74) is 1.70. The molecule has 2 aromatic carbocycles. The van der Waals surface area contributed by atoms with Gasteiger partial charge in [-0.1, -0.05) is 24.3 Å². The van der Waals surface area contributed by atoms with Gasteiger partial charge >= 0.3 is 5.97 Å². The second-order valence-corrected chi connectivity index (χ2v) is 4.96. The van der Waals surface area contributed by atoms with Gasteiger partial charge in [-0.25, -0.2) is 9.78 Å². The summed E-state index contributed by atoms with van der Waals surface area (Å²) in [6, 6.07) is 15.9. The Labute approximate surface area is 133 Å². The lowest BCUT2D eigenvalue weighted by Gasteiger charge is -2.09. The monoisotopic (exact) mass is 309 g/mol. The maximum atomic E-state index is 11.0. The first-order valence-corrected chi connectivity index (χ1v) is 7.06. The highest BCUT2D eigenvalue weighted by Gasteiger charge is 2.06. The molecule has 0 aliphatic carbocycles. The zero-order chi connectivity index (χ0) is 16.2. The molecule has 1 heterocycles. The molecule has 0 fully saturated rings. The van der Waals surface area contributed by atoms with Crippen molar-refractivity contribution in [3.63, 3.8) is 0 Å². The van der Waals surface area contributed by atoms with Gasteiger partial charge in [-0.2, -0.15) is 0 Å². The molecule has 116 valence electrons. The van der Waals surface area contributed by atoms with Crippen LogP contribution in [-0.2, 0) is 6.61 Å². The predicted molar refractivity (Wildman–Crippen MR) is 86.0 cm³/mol. The Balaban J connectivity index is 1.82. The van der Waals surface area contributed by atoms with Crippen molar-refractivity contribution in [1.29, 1.82) is 0 Å². The summed E-state index contributed by atoms with van der Waals surface area (Å²) < 4.78 is 11.0. The van der Waals surface area contributed by atoms with Crippen molar-refractivity contribution in [3.8, 4) is 11.5 Å². The van der Waals surface area contributed by atoms with Crippen LogP contribution in [0.4, 0.5) is 0 Å². The second-order valence-electron chi connectivity index (χ2n) is 4.96. The molecule has 5 heteroatoms. The van der Waals surface area contributed by atoms with Crippen LogP contribution in [0, 0.1) is 0 Å². The Hall–Kier alpha value is -3.08. The molecule has 0 spiro atoms. The Morgan fingerprint density at radius 3 is 2.74 bits per heavy atom. The van der Waals surface area contributed by atoms with Crippen LogP contribution in [0.5, 0.6) is 11.5 Å². The van der Waals surface area contributed by atoms with Crippen LogP contribution in [0.3, 0.4) is 0 Å². The number of carboxylic acids is 1. The van der Waals surface area contributed by atoms with Gasteiger partial charge in [-0.15, -0.1) is 0 Å². The van der Waals surface area contributed by atoms with Crippen molar-refractivity contribution < 1.29 is 19.4 Å². The second kappa shape index (κ2) is 6.36. The molecule has 0 saturated carbocycles. The first-order valence-electron chi connectivity index (χ1n) is 7.06. The van der Waals surface area contributed by atoms with Gasteiger partial charge in [-0.3, -0.25) is 0 Å². The van der Waals surface area contributed by atoms with Crippen molar-refractivity contribution in [1.82, 2.24) is 4.98 Å². The number of aromatic nitrogens is 1. The van der Waals surface area contributed by atoms with Crippen LogP contribution >= 0.6 is 0 Å². The third-order valence-electron chi connectivity index (χ3n) is 3.43. The number of para-hydroxylation sites is 1. The summed E-state index contributed by atoms with van der Waals surface area (Å²) in [5.74, 6) is 0.216. The molecule has 3 rings (SSSR count). The molecule has 0 radical (unpaired) electrons. The van der Waals surface area contributed by atoms with Crippen molar-refractivity contribution in [3.05, 3.63) is 65.9 Å². The van der Waals surface area contributed by atoms with Crippen molar-refractivity contribution in [2.45, 2.75) is 6.61 Å². The number of ether oxygens (including phenoxy) is 2. The number of carboxylic acid groups (broad SMARTS) is 1. The lowest BCUT2D eigenvalue weighted by atomic mass is 10.2. The summed E-state index contributed by atoms with van der Waals surface area (Å²) in [6.07, 6.45) is 0. The first-order chi connectivity index (χ1) is 11.2. The molecule has 0 amide bonds. The normalized spacial score (nSPS) is 10.5. The topological polar surface area (TPSA) is 68.7 Å². The van der Waals surface area contributed by atoms with Crippen LogP contribution < -0.4 is 9.47 Å². The number of pyridine rings is 1. The van der Waals surface area contributed by atoms with E-state index in [0.29, 0.717) is 11.5 Å². The average Bonchev–Trinajstić information content (AvgIpc) is 2.59. The molecule has 0 bridgehead atoms. The maximum absolute atomic E-state index is 11.0. The van der Waals surface area contributed by atoms with Crippen LogP contribution in [-0.4, -0.2) is 23.2 Å². The number of carbonyl (C=O) groups is 1. The molecular weight excluding hydrogens is 294 g/mol. The van der Waals surface area contributed by atoms with Crippen LogP contribution in [0.2, 0.25) is 0 Å². The Bertz CT molecular complexity index is 861. The number of hydrogen-bond acceptors (Lipinski definition) is 4. The molecule has 5 nitrogen and oxygen atoms in total. The fraction of sp³-hybridized carbons (Fsp3) is 0.111. The molecule has 0 unspecified atom stereocenters. The van der Waals surface area contributed by atoms with E-state index in [9.17, 15) is 4.79 Å². The number of fused-ring (bicyclic) bond motifs is 1. The minimum atomic E-state index is -0.982. The van der Waals surface area contributed by atoms with E-state index in [2.05, 4.69) is 4.98 Å². The Morgan fingerprint density at radius 1 is 1.13 bits per heavy atom. The number of aromatic carboxylic acids is 1. The average molecular weight is 309 g/mol. The zero-order valence-electron chi connectivity index (χ0n) is 12.5. The van der Waals surface area contributed by atoms with Gasteiger partial charge in [0.2, 0.25) is 0 Å². The summed E-state index contributed by atoms with van der Waals surface area (Å²) in [7, 11) is 1.61. The van der Waals surface area contributed by atoms with E-state index in [0.717, 1.165) is 16.6 Å². The third kappa shape index (κ3) is 3.23. The lowest BCUT2D eigenvalue weighted by Crippen LogP contribution is -2.01. The van der Waals surface area contributed by atoms with Gasteiger partial charge in [0, 0.05) is 5.39 Å². The summed E-state index contributed by atoms with van der Waals surface area (Å²) >= 11 is 0. The fourth-order valence-corrected chi connectivity index (χ4v) is 2.28. The van der Waals surface area contributed by atoms with Crippen LogP contribution in [0.15, 0.2) is 54.6 Å². The molecule has 0 saturated heterocycles. The van der Waals surface area contributed by atoms with Gasteiger partial charge in [-0.05, 0) is 30.3 Å². The third-order valence-corrected chi connectivity index (χ3v) is 3.43. The van der Waals surface area contributed by atoms with Gasteiger partial charge in [0.25, 0.3) is 0 Å². The van der Waals surface area contributed by atoms with E-state index in [1.165, 1.54) is 12.1 Å². The molecule has 1 aromatic heterocycles. The van der Waals surface area contributed by atoms with Gasteiger partial charge in [0.1, 0.15) is 23.6 Å². The van der Waals surface area contributed by atoms with E-state index < -0.39 is 5.97 Å². The van der Waals surface area contributed by atoms with Gasteiger partial charge < -0.3 is 14.6 Å². The number of benzene rings is 2. The highest BCUT2D eigenvalue weighted by molar-refractivity contribution is 5.88. The van der Waals surface area contributed by atoms with Crippen LogP contribution in [0.1, 0.15) is 16.1 Å². The predicted octanol–water partition coefficient (Wildman–Crippen LogP) is 3.52. The highest BCUT2D eigenvalue weighted by atomic mass is 16.5. The molecule has 3 aromatic rings. The van der Waals surface area contributed by atoms with E-state index >= 15 is 0 Å². The molecule has 0 aliphatic heterocycles. The lowest BCUT2D eigenvalue weighted by molar-refractivity contribution is 0.0696. The summed E-state index contributed by atoms with van der Waals surface area (Å²) in [6.45, 7) is 0.247. The van der Waals surface area contributed by atoms with Gasteiger partial charge in [0.15, 0.2) is 0 Å². The molecule has 0 aliphatic rings. The number of methoxy groups -OCH3 is 1. The standard InChI is InChI=1S/C18H15NO4/c1-22-16-7-3-4-12-8-9-14(19-17(12)16)11-23-15-6-2-5-13(10-15)18(20)21/h2-10H,11H2,1H3,(H,20,21). The summed E-state index contributed by atoms with van der Waals surface area (Å²) in [4.78, 5) is 15.5. The summed E-state index contributed by atoms with van der Waals surface area (Å²) in [5, 5.41) is 9.98. The minimum Gasteiger partial charge on any atom is -0.494 e. The maximum Gasteiger partial charge on any atom is 0.335 e. The van der Waals surface area contributed by atoms with E-state index in [1.54, 1.807) is 19.2 Å². The zero-order valence-corrected chi connectivity index (χ0v) is 12.5. The number of nitrogens with zero attached hydrogens (tertiary/aromatic N) is 1. The largest absolute Gasteiger partial charge is 0.494 e. The quantitative estimate of drug-likeness (QED) is 0.781. The van der Waals surface area contributed by atoms with Crippen molar-refractivity contribution in [2.24, 2.45) is 0 Å². The molecule has 0 atom stereocenters.